The Labute approximate surface area is 319 Å². The predicted molar refractivity (Wildman–Crippen MR) is 233 cm³/mol. The van der Waals surface area contributed by atoms with Gasteiger partial charge in [0.15, 0.2) is 0 Å². The quantitative estimate of drug-likeness (QED) is 0.160. The fourth-order valence-corrected chi connectivity index (χ4v) is 9.16. The molecule has 0 atom stereocenters. The van der Waals surface area contributed by atoms with E-state index in [0.29, 0.717) is 0 Å². The second kappa shape index (κ2) is 13.7. The van der Waals surface area contributed by atoms with Crippen LogP contribution in [0.15, 0.2) is 212 Å². The molecule has 2 heteroatoms. The van der Waals surface area contributed by atoms with Crippen LogP contribution in [0.4, 0.5) is 17.1 Å². The number of fused-ring (bicyclic) bond motifs is 4. The maximum atomic E-state index is 2.45. The van der Waals surface area contributed by atoms with Crippen molar-refractivity contribution in [3.05, 3.63) is 212 Å². The van der Waals surface area contributed by atoms with Crippen molar-refractivity contribution in [2.75, 3.05) is 4.90 Å². The Bertz CT molecular complexity index is 2910. The van der Waals surface area contributed by atoms with Crippen molar-refractivity contribution in [3.8, 4) is 44.5 Å². The van der Waals surface area contributed by atoms with E-state index < -0.39 is 0 Å². The summed E-state index contributed by atoms with van der Waals surface area (Å²) in [5.41, 5.74) is 13.1. The molecular formula is C52H35NS. The van der Waals surface area contributed by atoms with E-state index >= 15 is 0 Å². The number of nitrogens with zero attached hydrogens (tertiary/aromatic N) is 1. The molecular weight excluding hydrogens is 671 g/mol. The number of benzene rings is 9. The number of hydrogen-bond acceptors (Lipinski definition) is 2. The van der Waals surface area contributed by atoms with Gasteiger partial charge in [0, 0.05) is 26.8 Å². The van der Waals surface area contributed by atoms with Crippen LogP contribution in [0.25, 0.3) is 75.5 Å². The van der Waals surface area contributed by atoms with Crippen molar-refractivity contribution < 1.29 is 0 Å². The smallest absolute Gasteiger partial charge is 0.0640 e. The van der Waals surface area contributed by atoms with Gasteiger partial charge in [0.1, 0.15) is 0 Å². The third kappa shape index (κ3) is 5.65. The summed E-state index contributed by atoms with van der Waals surface area (Å²) < 4.78 is 2.57. The van der Waals surface area contributed by atoms with Crippen LogP contribution in [0.3, 0.4) is 0 Å². The molecule has 0 aliphatic heterocycles. The van der Waals surface area contributed by atoms with E-state index in [0.717, 1.165) is 11.4 Å². The Kier molecular flexibility index (Phi) is 8.09. The summed E-state index contributed by atoms with van der Waals surface area (Å²) in [7, 11) is 0. The van der Waals surface area contributed by atoms with Crippen molar-refractivity contribution in [3.63, 3.8) is 0 Å². The number of anilines is 3. The third-order valence-corrected chi connectivity index (χ3v) is 11.7. The molecule has 1 heterocycles. The summed E-state index contributed by atoms with van der Waals surface area (Å²) in [6, 6.07) is 77.1. The zero-order chi connectivity index (χ0) is 35.8. The largest absolute Gasteiger partial charge is 0.309 e. The topological polar surface area (TPSA) is 3.24 Å². The van der Waals surface area contributed by atoms with Gasteiger partial charge in [0.25, 0.3) is 0 Å². The van der Waals surface area contributed by atoms with Crippen LogP contribution in [-0.2, 0) is 0 Å². The molecule has 0 saturated carbocycles. The van der Waals surface area contributed by atoms with E-state index in [-0.39, 0.29) is 0 Å². The van der Waals surface area contributed by atoms with E-state index in [2.05, 4.69) is 217 Å². The van der Waals surface area contributed by atoms with E-state index in [4.69, 9.17) is 0 Å². The van der Waals surface area contributed by atoms with Gasteiger partial charge in [-0.1, -0.05) is 176 Å². The average Bonchev–Trinajstić information content (AvgIpc) is 3.64. The molecule has 0 aliphatic rings. The number of rotatable bonds is 7. The zero-order valence-corrected chi connectivity index (χ0v) is 30.4. The Balaban J connectivity index is 1.18. The van der Waals surface area contributed by atoms with Crippen molar-refractivity contribution in [1.82, 2.24) is 0 Å². The van der Waals surface area contributed by atoms with Crippen LogP contribution in [0.2, 0.25) is 0 Å². The summed E-state index contributed by atoms with van der Waals surface area (Å²) >= 11 is 1.87. The lowest BCUT2D eigenvalue weighted by Gasteiger charge is -2.27. The highest BCUT2D eigenvalue weighted by atomic mass is 32.1. The molecule has 9 aromatic carbocycles. The Hall–Kier alpha value is -6.74. The highest BCUT2D eigenvalue weighted by Gasteiger charge is 2.21. The van der Waals surface area contributed by atoms with E-state index in [1.165, 1.54) is 81.1 Å². The monoisotopic (exact) mass is 705 g/mol. The first-order chi connectivity index (χ1) is 26.8. The molecule has 1 aromatic heterocycles. The molecule has 1 nitrogen and oxygen atoms in total. The van der Waals surface area contributed by atoms with Gasteiger partial charge < -0.3 is 4.90 Å². The fraction of sp³-hybridized carbons (Fsp3) is 0. The zero-order valence-electron chi connectivity index (χ0n) is 29.6. The summed E-state index contributed by atoms with van der Waals surface area (Å²) in [6.45, 7) is 0. The molecule has 0 N–H and O–H groups in total. The summed E-state index contributed by atoms with van der Waals surface area (Å²) in [5.74, 6) is 0. The van der Waals surface area contributed by atoms with Crippen molar-refractivity contribution in [2.24, 2.45) is 0 Å². The van der Waals surface area contributed by atoms with Gasteiger partial charge in [-0.25, -0.2) is 0 Å². The average molecular weight is 706 g/mol. The van der Waals surface area contributed by atoms with E-state index in [1.807, 2.05) is 11.3 Å². The number of thiophene rings is 1. The van der Waals surface area contributed by atoms with Crippen LogP contribution in [0.5, 0.6) is 0 Å². The van der Waals surface area contributed by atoms with Crippen LogP contribution < -0.4 is 4.90 Å². The van der Waals surface area contributed by atoms with E-state index in [1.54, 1.807) is 0 Å². The third-order valence-electron chi connectivity index (χ3n) is 10.5. The predicted octanol–water partition coefficient (Wildman–Crippen LogP) is 15.3. The summed E-state index contributed by atoms with van der Waals surface area (Å²) in [4.78, 5) is 2.45. The summed E-state index contributed by atoms with van der Waals surface area (Å²) in [6.07, 6.45) is 0. The van der Waals surface area contributed by atoms with Gasteiger partial charge in [0.05, 0.1) is 10.4 Å². The van der Waals surface area contributed by atoms with Crippen LogP contribution in [-0.4, -0.2) is 0 Å². The van der Waals surface area contributed by atoms with Gasteiger partial charge in [-0.05, 0) is 91.7 Å². The molecule has 0 bridgehead atoms. The molecule has 54 heavy (non-hydrogen) atoms. The maximum absolute atomic E-state index is 2.45. The Morgan fingerprint density at radius 3 is 1.63 bits per heavy atom. The van der Waals surface area contributed by atoms with E-state index in [9.17, 15) is 0 Å². The molecule has 0 unspecified atom stereocenters. The molecule has 0 fully saturated rings. The lowest BCUT2D eigenvalue weighted by molar-refractivity contribution is 1.30. The fourth-order valence-electron chi connectivity index (χ4n) is 7.95. The highest BCUT2D eigenvalue weighted by Crippen LogP contribution is 2.47. The van der Waals surface area contributed by atoms with Gasteiger partial charge in [0.2, 0.25) is 0 Å². The van der Waals surface area contributed by atoms with Gasteiger partial charge >= 0.3 is 0 Å². The second-order valence-electron chi connectivity index (χ2n) is 13.7. The standard InChI is InChI=1S/C52H35NS/c1-4-15-36(16-5-1)43-34-32-42(35-48(43)37-17-6-2-7-18-37)53(49-25-14-24-47-46-23-12-13-26-50(46)54-52(47)49)41-30-27-39(28-31-41)45-33-29-38-19-10-11-22-44(38)51(45)40-20-8-3-9-21-40/h1-35H. The molecule has 0 amide bonds. The molecule has 0 aliphatic carbocycles. The van der Waals surface area contributed by atoms with Crippen molar-refractivity contribution in [1.29, 1.82) is 0 Å². The Morgan fingerprint density at radius 2 is 0.889 bits per heavy atom. The normalized spacial score (nSPS) is 11.3. The van der Waals surface area contributed by atoms with Crippen LogP contribution in [0, 0.1) is 0 Å². The minimum atomic E-state index is 1.11. The Morgan fingerprint density at radius 1 is 0.333 bits per heavy atom. The van der Waals surface area contributed by atoms with Crippen LogP contribution >= 0.6 is 11.3 Å². The molecule has 254 valence electrons. The summed E-state index contributed by atoms with van der Waals surface area (Å²) in [5, 5.41) is 5.08. The minimum Gasteiger partial charge on any atom is -0.309 e. The molecule has 0 radical (unpaired) electrons. The molecule has 0 spiro atoms. The first-order valence-corrected chi connectivity index (χ1v) is 19.2. The van der Waals surface area contributed by atoms with Crippen molar-refractivity contribution >= 4 is 59.3 Å². The maximum Gasteiger partial charge on any atom is 0.0640 e. The first kappa shape index (κ1) is 32.0. The number of hydrogen-bond donors (Lipinski definition) is 0. The van der Waals surface area contributed by atoms with Crippen molar-refractivity contribution in [2.45, 2.75) is 0 Å². The van der Waals surface area contributed by atoms with Gasteiger partial charge in [-0.15, -0.1) is 11.3 Å². The van der Waals surface area contributed by atoms with Gasteiger partial charge in [-0.2, -0.15) is 0 Å². The SMILES string of the molecule is c1ccc(-c2ccc(N(c3ccc(-c4ccc5ccccc5c4-c4ccccc4)cc3)c3cccc4c3sc3ccccc34)cc2-c2ccccc2)cc1. The van der Waals surface area contributed by atoms with Gasteiger partial charge in [-0.3, -0.25) is 0 Å². The van der Waals surface area contributed by atoms with Crippen LogP contribution in [0.1, 0.15) is 0 Å². The first-order valence-electron chi connectivity index (χ1n) is 18.4. The molecule has 0 saturated heterocycles. The minimum absolute atomic E-state index is 1.11. The molecule has 10 rings (SSSR count). The second-order valence-corrected chi connectivity index (χ2v) is 14.7. The highest BCUT2D eigenvalue weighted by molar-refractivity contribution is 7.26. The lowest BCUT2D eigenvalue weighted by atomic mass is 9.89. The molecule has 10 aromatic rings. The lowest BCUT2D eigenvalue weighted by Crippen LogP contribution is -2.10.